The number of aliphatic hydroxyl groups excluding tert-OH is 1. The van der Waals surface area contributed by atoms with E-state index in [1.54, 1.807) is 5.92 Å². The maximum atomic E-state index is 11.3. The van der Waals surface area contributed by atoms with Gasteiger partial charge in [-0.05, 0) is 5.92 Å². The van der Waals surface area contributed by atoms with Gasteiger partial charge in [0, 0.05) is 0 Å². The lowest BCUT2D eigenvalue weighted by Crippen LogP contribution is -2.21. The molecule has 0 bridgehead atoms. The zero-order chi connectivity index (χ0) is 7.98. The molecule has 0 aliphatic carbocycles. The third-order valence-electron chi connectivity index (χ3n) is 0.609. The Labute approximate surface area is 55.6 Å². The predicted octanol–water partition coefficient (Wildman–Crippen LogP) is 0.517. The molecule has 1 unspecified atom stereocenters. The molecule has 0 rings (SSSR count). The fourth-order valence-electron chi connectivity index (χ4n) is 0.227. The van der Waals surface area contributed by atoms with Gasteiger partial charge in [-0.25, -0.2) is 8.78 Å². The zero-order valence-corrected chi connectivity index (χ0v) is 4.85. The summed E-state index contributed by atoms with van der Waals surface area (Å²) < 4.78 is 37.5. The Hall–Kier alpha value is -0.730. The Kier molecular flexibility index (Phi) is 4.72. The van der Waals surface area contributed by atoms with Crippen LogP contribution >= 0.6 is 0 Å². The van der Waals surface area contributed by atoms with Gasteiger partial charge in [-0.3, -0.25) is 0 Å². The lowest BCUT2D eigenvalue weighted by atomic mass is 10.6. The third kappa shape index (κ3) is 4.18. The topological polar surface area (TPSA) is 29.5 Å². The van der Waals surface area contributed by atoms with Crippen LogP contribution in [-0.4, -0.2) is 24.4 Å². The zero-order valence-electron chi connectivity index (χ0n) is 4.85. The summed E-state index contributed by atoms with van der Waals surface area (Å²) in [5.74, 6) is 1.70. The molecule has 0 aromatic rings. The number of alkyl halides is 2. The highest BCUT2D eigenvalue weighted by atomic mass is 19.3. The van der Waals surface area contributed by atoms with E-state index in [-0.39, 0.29) is 0 Å². The highest BCUT2D eigenvalue weighted by Crippen LogP contribution is 2.00. The summed E-state index contributed by atoms with van der Waals surface area (Å²) in [6, 6.07) is 0. The summed E-state index contributed by atoms with van der Waals surface area (Å²) in [5.41, 5.74) is 0. The molecular weight excluding hydrogens is 149 g/mol. The Bertz CT molecular complexity index is 138. The molecule has 0 heterocycles. The fourth-order valence-corrected chi connectivity index (χ4v) is 0.227. The van der Waals surface area contributed by atoms with Crippen LogP contribution in [-0.2, 0) is 4.74 Å². The average molecular weight is 154 g/mol. The lowest BCUT2D eigenvalue weighted by molar-refractivity contribution is -0.167. The largest absolute Gasteiger partial charge is 0.363 e. The first-order chi connectivity index (χ1) is 4.68. The normalized spacial score (nSPS) is 12.5. The molecule has 1 atom stereocenters. The second-order valence-electron chi connectivity index (χ2n) is 1.31. The van der Waals surface area contributed by atoms with E-state index in [2.05, 4.69) is 4.74 Å². The van der Waals surface area contributed by atoms with Crippen LogP contribution < -0.4 is 0 Å². The van der Waals surface area contributed by atoms with Crippen molar-refractivity contribution in [1.82, 2.24) is 0 Å². The van der Waals surface area contributed by atoms with Crippen molar-refractivity contribution >= 4 is 0 Å². The van der Waals surface area contributed by atoms with Crippen molar-refractivity contribution in [2.24, 2.45) is 0 Å². The second kappa shape index (κ2) is 5.09. The SMILES string of the molecule is OC(OCC#CF)C(F)F. The monoisotopic (exact) mass is 154 g/mol. The van der Waals surface area contributed by atoms with Gasteiger partial charge in [0.15, 0.2) is 0 Å². The maximum Gasteiger partial charge on any atom is 0.288 e. The summed E-state index contributed by atoms with van der Waals surface area (Å²) in [6.45, 7) is -0.540. The maximum absolute atomic E-state index is 11.3. The van der Waals surface area contributed by atoms with E-state index in [1.165, 1.54) is 0 Å². The minimum atomic E-state index is -2.98. The molecule has 0 radical (unpaired) electrons. The standard InChI is InChI=1S/C5H5F3O2/c6-2-1-3-10-5(9)4(7)8/h4-5,9H,3H2. The molecule has 0 aromatic carbocycles. The van der Waals surface area contributed by atoms with Crippen LogP contribution in [0, 0.1) is 12.1 Å². The van der Waals surface area contributed by atoms with Crippen LogP contribution in [0.5, 0.6) is 0 Å². The number of hydrogen-bond acceptors (Lipinski definition) is 2. The molecule has 0 aromatic heterocycles. The van der Waals surface area contributed by atoms with Crippen LogP contribution in [0.3, 0.4) is 0 Å². The Morgan fingerprint density at radius 2 is 2.10 bits per heavy atom. The molecule has 5 heteroatoms. The van der Waals surface area contributed by atoms with Crippen LogP contribution in [0.25, 0.3) is 0 Å². The molecule has 0 amide bonds. The first kappa shape index (κ1) is 9.27. The van der Waals surface area contributed by atoms with Gasteiger partial charge >= 0.3 is 0 Å². The van der Waals surface area contributed by atoms with Crippen molar-refractivity contribution in [3.05, 3.63) is 0 Å². The lowest BCUT2D eigenvalue weighted by Gasteiger charge is -2.06. The van der Waals surface area contributed by atoms with E-state index in [0.717, 1.165) is 6.17 Å². The molecule has 0 saturated heterocycles. The van der Waals surface area contributed by atoms with Crippen molar-refractivity contribution in [3.63, 3.8) is 0 Å². The van der Waals surface area contributed by atoms with Gasteiger partial charge in [0.25, 0.3) is 6.43 Å². The summed E-state index contributed by atoms with van der Waals surface area (Å²) in [5, 5.41) is 8.19. The third-order valence-corrected chi connectivity index (χ3v) is 0.609. The first-order valence-corrected chi connectivity index (χ1v) is 2.34. The molecular formula is C5H5F3O2. The van der Waals surface area contributed by atoms with E-state index < -0.39 is 19.3 Å². The minimum Gasteiger partial charge on any atom is -0.363 e. The Balaban J connectivity index is 3.36. The van der Waals surface area contributed by atoms with E-state index in [1.807, 2.05) is 0 Å². The van der Waals surface area contributed by atoms with Crippen molar-refractivity contribution < 1.29 is 23.0 Å². The molecule has 1 N–H and O–H groups in total. The van der Waals surface area contributed by atoms with Gasteiger partial charge in [-0.15, -0.1) is 4.39 Å². The summed E-state index contributed by atoms with van der Waals surface area (Å²) >= 11 is 0. The van der Waals surface area contributed by atoms with E-state index in [9.17, 15) is 13.2 Å². The van der Waals surface area contributed by atoms with Crippen molar-refractivity contribution in [2.75, 3.05) is 6.61 Å². The van der Waals surface area contributed by atoms with Crippen molar-refractivity contribution in [3.8, 4) is 12.1 Å². The Morgan fingerprint density at radius 3 is 2.50 bits per heavy atom. The molecule has 0 aliphatic heterocycles. The quantitative estimate of drug-likeness (QED) is 0.474. The number of rotatable bonds is 3. The average Bonchev–Trinajstić information content (AvgIpc) is 1.88. The summed E-state index contributed by atoms with van der Waals surface area (Å²) in [4.78, 5) is 0. The van der Waals surface area contributed by atoms with E-state index in [0.29, 0.717) is 0 Å². The van der Waals surface area contributed by atoms with Crippen LogP contribution in [0.1, 0.15) is 0 Å². The molecule has 0 saturated carbocycles. The number of ether oxygens (including phenoxy) is 1. The van der Waals surface area contributed by atoms with Gasteiger partial charge in [-0.2, -0.15) is 0 Å². The molecule has 0 spiro atoms. The van der Waals surface area contributed by atoms with Gasteiger partial charge in [0.05, 0.1) is 0 Å². The van der Waals surface area contributed by atoms with Crippen LogP contribution in [0.2, 0.25) is 0 Å². The molecule has 0 aliphatic rings. The van der Waals surface area contributed by atoms with Crippen molar-refractivity contribution in [2.45, 2.75) is 12.7 Å². The molecule has 10 heavy (non-hydrogen) atoms. The summed E-state index contributed by atoms with van der Waals surface area (Å²) in [7, 11) is 0. The molecule has 2 nitrogen and oxygen atoms in total. The van der Waals surface area contributed by atoms with E-state index in [4.69, 9.17) is 5.11 Å². The second-order valence-corrected chi connectivity index (χ2v) is 1.31. The van der Waals surface area contributed by atoms with Gasteiger partial charge in [0.2, 0.25) is 6.29 Å². The van der Waals surface area contributed by atoms with E-state index >= 15 is 0 Å². The molecule has 0 fully saturated rings. The van der Waals surface area contributed by atoms with Crippen LogP contribution in [0.15, 0.2) is 0 Å². The Morgan fingerprint density at radius 1 is 1.50 bits per heavy atom. The minimum absolute atomic E-state index is 0.540. The van der Waals surface area contributed by atoms with Gasteiger partial charge in [0.1, 0.15) is 12.8 Å². The predicted molar refractivity (Wildman–Crippen MR) is 26.8 cm³/mol. The number of hydrogen-bond donors (Lipinski definition) is 1. The van der Waals surface area contributed by atoms with Crippen LogP contribution in [0.4, 0.5) is 13.2 Å². The van der Waals surface area contributed by atoms with Gasteiger partial charge in [-0.1, -0.05) is 0 Å². The molecule has 58 valence electrons. The van der Waals surface area contributed by atoms with Crippen molar-refractivity contribution in [1.29, 1.82) is 0 Å². The number of halogens is 3. The number of aliphatic hydroxyl groups is 1. The highest BCUT2D eigenvalue weighted by molar-refractivity contribution is 4.89. The van der Waals surface area contributed by atoms with Gasteiger partial charge < -0.3 is 9.84 Å². The summed E-state index contributed by atoms with van der Waals surface area (Å²) in [6.07, 6.45) is -4.23. The fraction of sp³-hybridized carbons (Fsp3) is 0.600. The highest BCUT2D eigenvalue weighted by Gasteiger charge is 2.15. The first-order valence-electron chi connectivity index (χ1n) is 2.34. The smallest absolute Gasteiger partial charge is 0.288 e.